The van der Waals surface area contributed by atoms with Crippen LogP contribution in [0.4, 0.5) is 0 Å². The molecule has 1 aromatic rings. The first-order chi connectivity index (χ1) is 7.83. The first-order valence-electron chi connectivity index (χ1n) is 5.05. The third kappa shape index (κ3) is 2.05. The Morgan fingerprint density at radius 1 is 1.19 bits per heavy atom. The van der Waals surface area contributed by atoms with Gasteiger partial charge in [-0.2, -0.15) is 5.26 Å². The van der Waals surface area contributed by atoms with Gasteiger partial charge in [0.1, 0.15) is 17.5 Å². The van der Waals surface area contributed by atoms with E-state index in [9.17, 15) is 0 Å². The van der Waals surface area contributed by atoms with Crippen molar-refractivity contribution in [3.63, 3.8) is 0 Å². The van der Waals surface area contributed by atoms with E-state index in [2.05, 4.69) is 16.7 Å². The molecule has 0 radical (unpaired) electrons. The number of thiocarbonyl (C=S) groups is 1. The minimum absolute atomic E-state index is 0.513. The maximum Gasteiger partial charge on any atom is 0.119 e. The molecule has 1 saturated heterocycles. The van der Waals surface area contributed by atoms with E-state index in [1.807, 2.05) is 30.3 Å². The van der Waals surface area contributed by atoms with Crippen molar-refractivity contribution in [2.24, 2.45) is 0 Å². The number of benzene rings is 1. The summed E-state index contributed by atoms with van der Waals surface area (Å²) in [5, 5.41) is 15.4. The fraction of sp³-hybridized carbons (Fsp3) is 0.167. The van der Waals surface area contributed by atoms with E-state index in [0.717, 1.165) is 24.5 Å². The fourth-order valence-corrected chi connectivity index (χ4v) is 1.85. The topological polar surface area (TPSA) is 47.9 Å². The van der Waals surface area contributed by atoms with Crippen LogP contribution in [0.15, 0.2) is 41.7 Å². The molecule has 1 aliphatic rings. The van der Waals surface area contributed by atoms with Gasteiger partial charge in [-0.3, -0.25) is 0 Å². The van der Waals surface area contributed by atoms with E-state index in [0.29, 0.717) is 10.4 Å². The molecule has 1 aromatic carbocycles. The molecule has 1 heterocycles. The molecule has 2 N–H and O–H groups in total. The van der Waals surface area contributed by atoms with Crippen LogP contribution in [0.3, 0.4) is 0 Å². The Hall–Kier alpha value is -1.86. The molecule has 2 rings (SSSR count). The minimum atomic E-state index is 0.513. The van der Waals surface area contributed by atoms with Gasteiger partial charge in [0.25, 0.3) is 0 Å². The molecule has 0 aromatic heterocycles. The van der Waals surface area contributed by atoms with Gasteiger partial charge < -0.3 is 10.6 Å². The van der Waals surface area contributed by atoms with Gasteiger partial charge in [0.05, 0.1) is 4.86 Å². The highest BCUT2D eigenvalue weighted by Crippen LogP contribution is 2.12. The number of nitrogens with zero attached hydrogens (tertiary/aromatic N) is 1. The smallest absolute Gasteiger partial charge is 0.119 e. The Bertz CT molecular complexity index is 463. The molecule has 1 fully saturated rings. The first kappa shape index (κ1) is 10.7. The van der Waals surface area contributed by atoms with Crippen LogP contribution in [0.1, 0.15) is 5.56 Å². The molecule has 1 aliphatic heterocycles. The van der Waals surface area contributed by atoms with Gasteiger partial charge in [0.2, 0.25) is 0 Å². The SMILES string of the molecule is N#CC(C(=S)c1ccccc1)=C1NCCN1. The molecule has 0 spiro atoms. The maximum atomic E-state index is 9.14. The van der Waals surface area contributed by atoms with Crippen LogP contribution in [0.5, 0.6) is 0 Å². The molecule has 16 heavy (non-hydrogen) atoms. The summed E-state index contributed by atoms with van der Waals surface area (Å²) in [5.41, 5.74) is 1.41. The van der Waals surface area contributed by atoms with Crippen LogP contribution < -0.4 is 10.6 Å². The van der Waals surface area contributed by atoms with Crippen molar-refractivity contribution in [3.05, 3.63) is 47.3 Å². The average Bonchev–Trinajstić information content (AvgIpc) is 2.85. The van der Waals surface area contributed by atoms with E-state index in [1.165, 1.54) is 0 Å². The quantitative estimate of drug-likeness (QED) is 0.348. The zero-order valence-electron chi connectivity index (χ0n) is 8.66. The number of hydrogen-bond donors (Lipinski definition) is 2. The second kappa shape index (κ2) is 4.77. The lowest BCUT2D eigenvalue weighted by molar-refractivity contribution is 0.942. The van der Waals surface area contributed by atoms with Crippen molar-refractivity contribution >= 4 is 17.1 Å². The van der Waals surface area contributed by atoms with Crippen LogP contribution >= 0.6 is 12.2 Å². The average molecular weight is 229 g/mol. The van der Waals surface area contributed by atoms with Crippen LogP contribution in [0.2, 0.25) is 0 Å². The Morgan fingerprint density at radius 3 is 2.38 bits per heavy atom. The van der Waals surface area contributed by atoms with Crippen molar-refractivity contribution in [1.82, 2.24) is 10.6 Å². The van der Waals surface area contributed by atoms with Gasteiger partial charge in [0.15, 0.2) is 0 Å². The molecular weight excluding hydrogens is 218 g/mol. The second-order valence-corrected chi connectivity index (χ2v) is 3.82. The van der Waals surface area contributed by atoms with Crippen molar-refractivity contribution in [2.75, 3.05) is 13.1 Å². The molecule has 80 valence electrons. The second-order valence-electron chi connectivity index (χ2n) is 3.41. The molecule has 0 aliphatic carbocycles. The number of nitriles is 1. The lowest BCUT2D eigenvalue weighted by Gasteiger charge is -2.06. The van der Waals surface area contributed by atoms with E-state index in [-0.39, 0.29) is 0 Å². The maximum absolute atomic E-state index is 9.14. The van der Waals surface area contributed by atoms with Crippen molar-refractivity contribution < 1.29 is 0 Å². The summed E-state index contributed by atoms with van der Waals surface area (Å²) in [4.78, 5) is 0.583. The number of rotatable bonds is 2. The molecule has 0 atom stereocenters. The third-order valence-corrected chi connectivity index (χ3v) is 2.79. The summed E-state index contributed by atoms with van der Waals surface area (Å²) in [5.74, 6) is 0.747. The van der Waals surface area contributed by atoms with Crippen molar-refractivity contribution in [3.8, 4) is 6.07 Å². The van der Waals surface area contributed by atoms with Gasteiger partial charge in [-0.15, -0.1) is 0 Å². The molecule has 0 unspecified atom stereocenters. The summed E-state index contributed by atoms with van der Waals surface area (Å²) < 4.78 is 0. The van der Waals surface area contributed by atoms with Crippen LogP contribution in [-0.4, -0.2) is 18.0 Å². The van der Waals surface area contributed by atoms with Crippen LogP contribution in [0, 0.1) is 11.3 Å². The monoisotopic (exact) mass is 229 g/mol. The minimum Gasteiger partial charge on any atom is -0.369 e. The third-order valence-electron chi connectivity index (χ3n) is 2.35. The molecule has 3 nitrogen and oxygen atoms in total. The highest BCUT2D eigenvalue weighted by atomic mass is 32.1. The summed E-state index contributed by atoms with van der Waals surface area (Å²) in [6.45, 7) is 1.66. The predicted molar refractivity (Wildman–Crippen MR) is 66.8 cm³/mol. The zero-order valence-corrected chi connectivity index (χ0v) is 9.47. The van der Waals surface area contributed by atoms with Gasteiger partial charge in [-0.05, 0) is 5.56 Å². The Balaban J connectivity index is 2.34. The van der Waals surface area contributed by atoms with Gasteiger partial charge >= 0.3 is 0 Å². The number of nitrogens with one attached hydrogen (secondary N) is 2. The number of hydrogen-bond acceptors (Lipinski definition) is 4. The molecular formula is C12H11N3S. The van der Waals surface area contributed by atoms with Gasteiger partial charge in [-0.1, -0.05) is 42.5 Å². The van der Waals surface area contributed by atoms with Crippen molar-refractivity contribution in [2.45, 2.75) is 0 Å². The summed E-state index contributed by atoms with van der Waals surface area (Å²) in [6.07, 6.45) is 0. The highest BCUT2D eigenvalue weighted by Gasteiger charge is 2.15. The molecule has 0 saturated carbocycles. The standard InChI is InChI=1S/C12H11N3S/c13-8-10(12-14-6-7-15-12)11(16)9-4-2-1-3-5-9/h1-5,14-15H,6-7H2. The summed E-state index contributed by atoms with van der Waals surface area (Å²) in [6, 6.07) is 11.7. The van der Waals surface area contributed by atoms with E-state index in [4.69, 9.17) is 17.5 Å². The van der Waals surface area contributed by atoms with Crippen LogP contribution in [-0.2, 0) is 0 Å². The molecule has 0 amide bonds. The Labute approximate surface area is 99.8 Å². The Kier molecular flexibility index (Phi) is 3.18. The molecule has 4 heteroatoms. The fourth-order valence-electron chi connectivity index (χ4n) is 1.57. The lowest BCUT2D eigenvalue weighted by Crippen LogP contribution is -2.17. The van der Waals surface area contributed by atoms with E-state index in [1.54, 1.807) is 0 Å². The highest BCUT2D eigenvalue weighted by molar-refractivity contribution is 7.81. The van der Waals surface area contributed by atoms with E-state index < -0.39 is 0 Å². The predicted octanol–water partition coefficient (Wildman–Crippen LogP) is 1.33. The first-order valence-corrected chi connectivity index (χ1v) is 5.45. The Morgan fingerprint density at radius 2 is 1.81 bits per heavy atom. The number of allylic oxidation sites excluding steroid dienone is 1. The van der Waals surface area contributed by atoms with Gasteiger partial charge in [-0.25, -0.2) is 0 Å². The van der Waals surface area contributed by atoms with E-state index >= 15 is 0 Å². The summed E-state index contributed by atoms with van der Waals surface area (Å²) in [7, 11) is 0. The van der Waals surface area contributed by atoms with Crippen LogP contribution in [0.25, 0.3) is 0 Å². The largest absolute Gasteiger partial charge is 0.369 e. The lowest BCUT2D eigenvalue weighted by atomic mass is 10.1. The zero-order chi connectivity index (χ0) is 11.4. The van der Waals surface area contributed by atoms with Crippen molar-refractivity contribution in [1.29, 1.82) is 5.26 Å². The normalized spacial score (nSPS) is 13.6. The molecule has 0 bridgehead atoms. The van der Waals surface area contributed by atoms with Gasteiger partial charge in [0, 0.05) is 13.1 Å². The summed E-state index contributed by atoms with van der Waals surface area (Å²) >= 11 is 5.32.